The van der Waals surface area contributed by atoms with Crippen molar-refractivity contribution in [3.8, 4) is 5.75 Å². The molecule has 1 heterocycles. The first-order chi connectivity index (χ1) is 9.47. The molecule has 5 heteroatoms. The number of aliphatic hydroxyl groups excluding tert-OH is 1. The summed E-state index contributed by atoms with van der Waals surface area (Å²) in [5.74, 6) is 0.593. The minimum Gasteiger partial charge on any atom is -0.486 e. The lowest BCUT2D eigenvalue weighted by atomic mass is 10.1. The number of aliphatic hydroxyl groups is 1. The van der Waals surface area contributed by atoms with Crippen LogP contribution in [0.2, 0.25) is 5.02 Å². The van der Waals surface area contributed by atoms with Crippen LogP contribution in [0.4, 0.5) is 0 Å². The summed E-state index contributed by atoms with van der Waals surface area (Å²) < 4.78 is 7.55. The molecule has 0 aliphatic carbocycles. The fourth-order valence-electron chi connectivity index (χ4n) is 1.79. The van der Waals surface area contributed by atoms with Gasteiger partial charge in [0.25, 0.3) is 0 Å². The normalized spacial score (nSPS) is 12.7. The van der Waals surface area contributed by atoms with Crippen LogP contribution < -0.4 is 4.74 Å². The van der Waals surface area contributed by atoms with Crippen LogP contribution in [0.25, 0.3) is 0 Å². The second kappa shape index (κ2) is 6.29. The first kappa shape index (κ1) is 14.9. The summed E-state index contributed by atoms with van der Waals surface area (Å²) in [5.41, 5.74) is 1.63. The molecule has 1 N–H and O–H groups in total. The Kier molecular flexibility index (Phi) is 4.68. The zero-order valence-electron chi connectivity index (χ0n) is 11.9. The molecule has 0 fully saturated rings. The first-order valence-corrected chi connectivity index (χ1v) is 6.99. The molecule has 0 saturated carbocycles. The zero-order chi connectivity index (χ0) is 14.7. The van der Waals surface area contributed by atoms with Crippen molar-refractivity contribution in [1.82, 2.24) is 9.78 Å². The Morgan fingerprint density at radius 3 is 2.60 bits per heavy atom. The van der Waals surface area contributed by atoms with Gasteiger partial charge in [0.05, 0.1) is 16.8 Å². The van der Waals surface area contributed by atoms with E-state index in [1.807, 2.05) is 16.9 Å². The van der Waals surface area contributed by atoms with E-state index in [-0.39, 0.29) is 0 Å². The molecule has 0 radical (unpaired) electrons. The predicted octanol–water partition coefficient (Wildman–Crippen LogP) is 3.75. The number of halogens is 1. The van der Waals surface area contributed by atoms with Crippen LogP contribution in [-0.2, 0) is 6.61 Å². The molecule has 20 heavy (non-hydrogen) atoms. The van der Waals surface area contributed by atoms with Gasteiger partial charge in [-0.15, -0.1) is 0 Å². The van der Waals surface area contributed by atoms with Gasteiger partial charge in [-0.25, -0.2) is 0 Å². The van der Waals surface area contributed by atoms with E-state index < -0.39 is 6.10 Å². The highest BCUT2D eigenvalue weighted by atomic mass is 35.5. The second-order valence-corrected chi connectivity index (χ2v) is 5.44. The smallest absolute Gasteiger partial charge is 0.138 e. The topological polar surface area (TPSA) is 47.3 Å². The average Bonchev–Trinajstić information content (AvgIpc) is 2.86. The van der Waals surface area contributed by atoms with Crippen LogP contribution in [0.15, 0.2) is 30.5 Å². The lowest BCUT2D eigenvalue weighted by Crippen LogP contribution is -2.03. The van der Waals surface area contributed by atoms with E-state index >= 15 is 0 Å². The van der Waals surface area contributed by atoms with E-state index in [1.54, 1.807) is 25.1 Å². The van der Waals surface area contributed by atoms with Crippen molar-refractivity contribution in [2.24, 2.45) is 0 Å². The van der Waals surface area contributed by atoms with Gasteiger partial charge in [0, 0.05) is 12.2 Å². The Bertz CT molecular complexity index is 579. The third kappa shape index (κ3) is 3.52. The number of rotatable bonds is 5. The maximum absolute atomic E-state index is 9.49. The van der Waals surface area contributed by atoms with Gasteiger partial charge in [0.2, 0.25) is 0 Å². The van der Waals surface area contributed by atoms with Gasteiger partial charge in [-0.1, -0.05) is 17.7 Å². The molecular weight excluding hydrogens is 276 g/mol. The maximum atomic E-state index is 9.49. The zero-order valence-corrected chi connectivity index (χ0v) is 12.6. The van der Waals surface area contributed by atoms with E-state index in [9.17, 15) is 5.11 Å². The highest BCUT2D eigenvalue weighted by Crippen LogP contribution is 2.28. The highest BCUT2D eigenvalue weighted by Gasteiger charge is 2.08. The first-order valence-electron chi connectivity index (χ1n) is 6.61. The Morgan fingerprint density at radius 2 is 2.05 bits per heavy atom. The number of ether oxygens (including phenoxy) is 1. The third-order valence-corrected chi connectivity index (χ3v) is 3.30. The van der Waals surface area contributed by atoms with Crippen molar-refractivity contribution in [3.05, 3.63) is 46.7 Å². The standard InChI is InChI=1S/C15H19ClN2O2/c1-10(2)18-7-6-13(17-18)9-20-15-5-4-12(11(3)19)8-14(15)16/h4-8,10-11,19H,9H2,1-3H3/t11-/m0/s1. The van der Waals surface area contributed by atoms with E-state index in [0.717, 1.165) is 11.3 Å². The van der Waals surface area contributed by atoms with Crippen molar-refractivity contribution in [2.75, 3.05) is 0 Å². The largest absolute Gasteiger partial charge is 0.486 e. The molecule has 2 rings (SSSR count). The number of benzene rings is 1. The Hall–Kier alpha value is -1.52. The summed E-state index contributed by atoms with van der Waals surface area (Å²) >= 11 is 6.13. The molecule has 1 aromatic carbocycles. The second-order valence-electron chi connectivity index (χ2n) is 5.04. The molecule has 1 atom stereocenters. The van der Waals surface area contributed by atoms with Gasteiger partial charge in [-0.3, -0.25) is 4.68 Å². The molecule has 0 amide bonds. The molecule has 0 spiro atoms. The monoisotopic (exact) mass is 294 g/mol. The van der Waals surface area contributed by atoms with E-state index in [1.165, 1.54) is 0 Å². The molecule has 0 bridgehead atoms. The number of aromatic nitrogens is 2. The van der Waals surface area contributed by atoms with Crippen molar-refractivity contribution < 1.29 is 9.84 Å². The lowest BCUT2D eigenvalue weighted by Gasteiger charge is -2.10. The van der Waals surface area contributed by atoms with Crippen molar-refractivity contribution >= 4 is 11.6 Å². The summed E-state index contributed by atoms with van der Waals surface area (Å²) in [6.07, 6.45) is 1.39. The van der Waals surface area contributed by atoms with Crippen LogP contribution in [0.1, 0.15) is 44.2 Å². The van der Waals surface area contributed by atoms with Crippen molar-refractivity contribution in [1.29, 1.82) is 0 Å². The van der Waals surface area contributed by atoms with Crippen molar-refractivity contribution in [3.63, 3.8) is 0 Å². The molecule has 0 saturated heterocycles. The Morgan fingerprint density at radius 1 is 1.30 bits per heavy atom. The molecule has 2 aromatic rings. The average molecular weight is 295 g/mol. The maximum Gasteiger partial charge on any atom is 0.138 e. The molecule has 0 aliphatic rings. The summed E-state index contributed by atoms with van der Waals surface area (Å²) in [7, 11) is 0. The SMILES string of the molecule is CC(C)n1ccc(COc2ccc([C@H](C)O)cc2Cl)n1. The molecule has 0 aliphatic heterocycles. The van der Waals surface area contributed by atoms with Gasteiger partial charge in [0.1, 0.15) is 12.4 Å². The summed E-state index contributed by atoms with van der Waals surface area (Å²) in [6, 6.07) is 7.55. The lowest BCUT2D eigenvalue weighted by molar-refractivity contribution is 0.199. The van der Waals surface area contributed by atoms with Crippen LogP contribution >= 0.6 is 11.6 Å². The van der Waals surface area contributed by atoms with Gasteiger partial charge in [-0.05, 0) is 44.5 Å². The van der Waals surface area contributed by atoms with Crippen molar-refractivity contribution in [2.45, 2.75) is 39.5 Å². The minimum absolute atomic E-state index is 0.331. The third-order valence-electron chi connectivity index (χ3n) is 3.01. The fourth-order valence-corrected chi connectivity index (χ4v) is 2.03. The molecule has 108 valence electrons. The van der Waals surface area contributed by atoms with E-state index in [4.69, 9.17) is 16.3 Å². The fraction of sp³-hybridized carbons (Fsp3) is 0.400. The molecular formula is C15H19ClN2O2. The van der Waals surface area contributed by atoms with Crippen LogP contribution in [-0.4, -0.2) is 14.9 Å². The number of hydrogen-bond donors (Lipinski definition) is 1. The quantitative estimate of drug-likeness (QED) is 0.913. The summed E-state index contributed by atoms with van der Waals surface area (Å²) in [6.45, 7) is 6.21. The predicted molar refractivity (Wildman–Crippen MR) is 79.0 cm³/mol. The summed E-state index contributed by atoms with van der Waals surface area (Å²) in [5, 5.41) is 14.4. The van der Waals surface area contributed by atoms with Crippen LogP contribution in [0.3, 0.4) is 0 Å². The van der Waals surface area contributed by atoms with E-state index in [0.29, 0.717) is 23.4 Å². The number of hydrogen-bond acceptors (Lipinski definition) is 3. The Labute approximate surface area is 123 Å². The Balaban J connectivity index is 2.03. The number of nitrogens with zero attached hydrogens (tertiary/aromatic N) is 2. The van der Waals surface area contributed by atoms with Gasteiger partial charge >= 0.3 is 0 Å². The molecule has 1 aromatic heterocycles. The highest BCUT2D eigenvalue weighted by molar-refractivity contribution is 6.32. The minimum atomic E-state index is -0.539. The van der Waals surface area contributed by atoms with E-state index in [2.05, 4.69) is 18.9 Å². The summed E-state index contributed by atoms with van der Waals surface area (Å²) in [4.78, 5) is 0. The van der Waals surface area contributed by atoms with Crippen LogP contribution in [0, 0.1) is 0 Å². The van der Waals surface area contributed by atoms with Gasteiger partial charge < -0.3 is 9.84 Å². The van der Waals surface area contributed by atoms with Crippen LogP contribution in [0.5, 0.6) is 5.75 Å². The molecule has 4 nitrogen and oxygen atoms in total. The molecule has 0 unspecified atom stereocenters. The van der Waals surface area contributed by atoms with Gasteiger partial charge in [0.15, 0.2) is 0 Å². The van der Waals surface area contributed by atoms with Gasteiger partial charge in [-0.2, -0.15) is 5.10 Å².